The molecule has 0 atom stereocenters. The molecule has 1 saturated heterocycles. The number of rotatable bonds is 3. The van der Waals surface area contributed by atoms with Crippen molar-refractivity contribution in [3.05, 3.63) is 23.2 Å². The Hall–Kier alpha value is -1.59. The van der Waals surface area contributed by atoms with Crippen molar-refractivity contribution >= 4 is 34.5 Å². The van der Waals surface area contributed by atoms with Crippen molar-refractivity contribution in [1.29, 1.82) is 0 Å². The van der Waals surface area contributed by atoms with Crippen LogP contribution in [-0.2, 0) is 16.1 Å². The van der Waals surface area contributed by atoms with Gasteiger partial charge in [0, 0.05) is 30.2 Å². The van der Waals surface area contributed by atoms with Gasteiger partial charge in [-0.05, 0) is 37.0 Å². The van der Waals surface area contributed by atoms with Crippen LogP contribution >= 0.6 is 11.6 Å². The number of nitrogens with one attached hydrogen (secondary N) is 1. The molecule has 1 fully saturated rings. The zero-order valence-electron chi connectivity index (χ0n) is 14.4. The maximum absolute atomic E-state index is 12.4. The topological polar surface area (TPSA) is 56.2 Å². The summed E-state index contributed by atoms with van der Waals surface area (Å²) in [6.45, 7) is 8.10. The first-order valence-electron chi connectivity index (χ1n) is 8.39. The molecule has 24 heavy (non-hydrogen) atoms. The molecule has 1 aromatic heterocycles. The maximum Gasteiger partial charge on any atom is 0.232 e. The third-order valence-corrected chi connectivity index (χ3v) is 4.63. The van der Waals surface area contributed by atoms with Gasteiger partial charge in [0.15, 0.2) is 0 Å². The first kappa shape index (κ1) is 17.2. The fraction of sp³-hybridized carbons (Fsp3) is 0.556. The van der Waals surface area contributed by atoms with Gasteiger partial charge in [-0.15, -0.1) is 0 Å². The second-order valence-corrected chi connectivity index (χ2v) is 7.88. The summed E-state index contributed by atoms with van der Waals surface area (Å²) in [4.78, 5) is 17.0. The molecule has 130 valence electrons. The molecule has 2 heterocycles. The SMILES string of the molecule is CC(C)(C)C(=O)Nc1nc2cc(Cl)ccc2n1CC1CCOCC1. The molecule has 1 N–H and O–H groups in total. The third-order valence-electron chi connectivity index (χ3n) is 4.40. The Bertz CT molecular complexity index is 743. The Labute approximate surface area is 147 Å². The second-order valence-electron chi connectivity index (χ2n) is 7.44. The minimum Gasteiger partial charge on any atom is -0.381 e. The smallest absolute Gasteiger partial charge is 0.232 e. The van der Waals surface area contributed by atoms with E-state index in [0.717, 1.165) is 43.6 Å². The zero-order valence-corrected chi connectivity index (χ0v) is 15.2. The van der Waals surface area contributed by atoms with Gasteiger partial charge in [-0.1, -0.05) is 32.4 Å². The molecular weight excluding hydrogens is 326 g/mol. The highest BCUT2D eigenvalue weighted by atomic mass is 35.5. The molecule has 1 amide bonds. The van der Waals surface area contributed by atoms with Gasteiger partial charge in [-0.2, -0.15) is 0 Å². The first-order valence-corrected chi connectivity index (χ1v) is 8.77. The van der Waals surface area contributed by atoms with Crippen molar-refractivity contribution in [2.75, 3.05) is 18.5 Å². The molecule has 0 spiro atoms. The van der Waals surface area contributed by atoms with Crippen molar-refractivity contribution in [2.24, 2.45) is 11.3 Å². The van der Waals surface area contributed by atoms with Crippen molar-refractivity contribution < 1.29 is 9.53 Å². The molecule has 0 bridgehead atoms. The van der Waals surface area contributed by atoms with Crippen molar-refractivity contribution in [2.45, 2.75) is 40.2 Å². The summed E-state index contributed by atoms with van der Waals surface area (Å²) >= 11 is 6.10. The second kappa shape index (κ2) is 6.73. The van der Waals surface area contributed by atoms with E-state index in [9.17, 15) is 4.79 Å². The molecule has 0 saturated carbocycles. The molecule has 1 aliphatic rings. The van der Waals surface area contributed by atoms with Crippen LogP contribution in [0.1, 0.15) is 33.6 Å². The minimum absolute atomic E-state index is 0.0443. The van der Waals surface area contributed by atoms with Gasteiger partial charge in [-0.25, -0.2) is 4.98 Å². The Morgan fingerprint density at radius 2 is 2.08 bits per heavy atom. The number of amides is 1. The van der Waals surface area contributed by atoms with E-state index >= 15 is 0 Å². The zero-order chi connectivity index (χ0) is 17.3. The van der Waals surface area contributed by atoms with E-state index < -0.39 is 5.41 Å². The Morgan fingerprint density at radius 1 is 1.38 bits per heavy atom. The molecule has 6 heteroatoms. The summed E-state index contributed by atoms with van der Waals surface area (Å²) in [5, 5.41) is 3.63. The number of ether oxygens (including phenoxy) is 1. The van der Waals surface area contributed by atoms with Crippen LogP contribution in [0.3, 0.4) is 0 Å². The Balaban J connectivity index is 1.96. The number of carbonyl (C=O) groups is 1. The van der Waals surface area contributed by atoms with Crippen molar-refractivity contribution in [1.82, 2.24) is 9.55 Å². The average molecular weight is 350 g/mol. The third kappa shape index (κ3) is 3.73. The lowest BCUT2D eigenvalue weighted by Crippen LogP contribution is -2.29. The predicted octanol–water partition coefficient (Wildman–Crippen LogP) is 4.10. The maximum atomic E-state index is 12.4. The predicted molar refractivity (Wildman–Crippen MR) is 96.4 cm³/mol. The number of carbonyl (C=O) groups excluding carboxylic acids is 1. The number of hydrogen-bond donors (Lipinski definition) is 1. The van der Waals surface area contributed by atoms with Gasteiger partial charge in [0.25, 0.3) is 0 Å². The molecule has 2 aromatic rings. The van der Waals surface area contributed by atoms with Gasteiger partial charge < -0.3 is 9.30 Å². The van der Waals surface area contributed by atoms with Crippen LogP contribution in [0.5, 0.6) is 0 Å². The van der Waals surface area contributed by atoms with E-state index in [-0.39, 0.29) is 5.91 Å². The quantitative estimate of drug-likeness (QED) is 0.907. The Morgan fingerprint density at radius 3 is 2.75 bits per heavy atom. The number of anilines is 1. The van der Waals surface area contributed by atoms with Gasteiger partial charge >= 0.3 is 0 Å². The lowest BCUT2D eigenvalue weighted by Gasteiger charge is -2.24. The summed E-state index contributed by atoms with van der Waals surface area (Å²) < 4.78 is 7.55. The van der Waals surface area contributed by atoms with Gasteiger partial charge in [0.05, 0.1) is 11.0 Å². The van der Waals surface area contributed by atoms with E-state index in [0.29, 0.717) is 16.9 Å². The largest absolute Gasteiger partial charge is 0.381 e. The van der Waals surface area contributed by atoms with Crippen LogP contribution in [0, 0.1) is 11.3 Å². The fourth-order valence-corrected chi connectivity index (χ4v) is 3.03. The Kier molecular flexibility index (Phi) is 4.83. The molecule has 1 aliphatic heterocycles. The lowest BCUT2D eigenvalue weighted by atomic mass is 9.96. The van der Waals surface area contributed by atoms with E-state index in [2.05, 4.69) is 14.9 Å². The summed E-state index contributed by atoms with van der Waals surface area (Å²) in [5.41, 5.74) is 1.33. The average Bonchev–Trinajstić information content (AvgIpc) is 2.84. The number of fused-ring (bicyclic) bond motifs is 1. The highest BCUT2D eigenvalue weighted by Gasteiger charge is 2.25. The molecular formula is C18H24ClN3O2. The summed E-state index contributed by atoms with van der Waals surface area (Å²) in [6, 6.07) is 5.67. The van der Waals surface area contributed by atoms with Crippen LogP contribution in [-0.4, -0.2) is 28.7 Å². The summed E-state index contributed by atoms with van der Waals surface area (Å²) in [6.07, 6.45) is 2.06. The van der Waals surface area contributed by atoms with E-state index in [1.54, 1.807) is 0 Å². The standard InChI is InChI=1S/C18H24ClN3O2/c1-18(2,3)16(23)21-17-20-14-10-13(19)4-5-15(14)22(17)11-12-6-8-24-9-7-12/h4-5,10,12H,6-9,11H2,1-3H3,(H,20,21,23). The molecule has 0 aliphatic carbocycles. The minimum atomic E-state index is -0.473. The van der Waals surface area contributed by atoms with E-state index in [4.69, 9.17) is 16.3 Å². The van der Waals surface area contributed by atoms with E-state index in [1.165, 1.54) is 0 Å². The van der Waals surface area contributed by atoms with Crippen LogP contribution in [0.2, 0.25) is 5.02 Å². The number of nitrogens with zero attached hydrogens (tertiary/aromatic N) is 2. The molecule has 3 rings (SSSR count). The van der Waals surface area contributed by atoms with Gasteiger partial charge in [0.1, 0.15) is 0 Å². The molecule has 1 aromatic carbocycles. The fourth-order valence-electron chi connectivity index (χ4n) is 2.86. The normalized spacial score (nSPS) is 16.5. The number of aromatic nitrogens is 2. The monoisotopic (exact) mass is 349 g/mol. The number of halogens is 1. The molecule has 0 unspecified atom stereocenters. The van der Waals surface area contributed by atoms with Crippen LogP contribution in [0.25, 0.3) is 11.0 Å². The number of imidazole rings is 1. The van der Waals surface area contributed by atoms with Crippen LogP contribution < -0.4 is 5.32 Å². The number of hydrogen-bond acceptors (Lipinski definition) is 3. The highest BCUT2D eigenvalue weighted by molar-refractivity contribution is 6.31. The molecule has 0 radical (unpaired) electrons. The molecule has 5 nitrogen and oxygen atoms in total. The van der Waals surface area contributed by atoms with Crippen LogP contribution in [0.15, 0.2) is 18.2 Å². The van der Waals surface area contributed by atoms with Gasteiger partial charge in [-0.3, -0.25) is 10.1 Å². The first-order chi connectivity index (χ1) is 11.3. The van der Waals surface area contributed by atoms with Crippen LogP contribution in [0.4, 0.5) is 5.95 Å². The highest BCUT2D eigenvalue weighted by Crippen LogP contribution is 2.27. The van der Waals surface area contributed by atoms with Crippen molar-refractivity contribution in [3.8, 4) is 0 Å². The van der Waals surface area contributed by atoms with E-state index in [1.807, 2.05) is 39.0 Å². The number of benzene rings is 1. The van der Waals surface area contributed by atoms with Crippen molar-refractivity contribution in [3.63, 3.8) is 0 Å². The van der Waals surface area contributed by atoms with Gasteiger partial charge in [0.2, 0.25) is 11.9 Å². The summed E-state index contributed by atoms with van der Waals surface area (Å²) in [5.74, 6) is 1.08. The summed E-state index contributed by atoms with van der Waals surface area (Å²) in [7, 11) is 0. The lowest BCUT2D eigenvalue weighted by molar-refractivity contribution is -0.123.